The summed E-state index contributed by atoms with van der Waals surface area (Å²) >= 11 is 0. The zero-order valence-electron chi connectivity index (χ0n) is 16.2. The van der Waals surface area contributed by atoms with Gasteiger partial charge in [-0.05, 0) is 55.9 Å². The van der Waals surface area contributed by atoms with E-state index in [0.717, 1.165) is 19.3 Å². The summed E-state index contributed by atoms with van der Waals surface area (Å²) in [5.41, 5.74) is 3.50. The van der Waals surface area contributed by atoms with Crippen LogP contribution in [0.1, 0.15) is 51.8 Å². The first-order valence-electron chi connectivity index (χ1n) is 9.72. The summed E-state index contributed by atoms with van der Waals surface area (Å²) in [5, 5.41) is 6.42. The molecule has 148 valence electrons. The predicted molar refractivity (Wildman–Crippen MR) is 108 cm³/mol. The average molecular weight is 390 g/mol. The minimum absolute atomic E-state index is 0.276. The molecule has 2 aromatic carbocycles. The Hall–Kier alpha value is -3.41. The van der Waals surface area contributed by atoms with Crippen LogP contribution in [0.2, 0.25) is 0 Å². The van der Waals surface area contributed by atoms with Crippen LogP contribution in [0, 0.1) is 6.92 Å². The summed E-state index contributed by atoms with van der Waals surface area (Å²) in [4.78, 5) is 25.7. The van der Waals surface area contributed by atoms with E-state index in [1.807, 2.05) is 18.2 Å². The van der Waals surface area contributed by atoms with E-state index >= 15 is 0 Å². The van der Waals surface area contributed by atoms with Crippen molar-refractivity contribution in [1.29, 1.82) is 0 Å². The number of aryl methyl sites for hydroxylation is 3. The van der Waals surface area contributed by atoms with Gasteiger partial charge in [0.2, 0.25) is 6.10 Å². The fraction of sp³-hybridized carbons (Fsp3) is 0.261. The number of hydrogen-bond acceptors (Lipinski definition) is 5. The van der Waals surface area contributed by atoms with Crippen molar-refractivity contribution >= 4 is 17.7 Å². The van der Waals surface area contributed by atoms with E-state index < -0.39 is 18.0 Å². The molecule has 6 nitrogen and oxygen atoms in total. The van der Waals surface area contributed by atoms with Gasteiger partial charge in [-0.25, -0.2) is 4.79 Å². The maximum atomic E-state index is 12.9. The molecular formula is C23H22N2O4. The Kier molecular flexibility index (Phi) is 5.42. The molecule has 0 spiro atoms. The normalized spacial score (nSPS) is 14.0. The van der Waals surface area contributed by atoms with Gasteiger partial charge in [0.1, 0.15) is 5.76 Å². The lowest BCUT2D eigenvalue weighted by molar-refractivity contribution is -0.125. The molecule has 3 aromatic rings. The van der Waals surface area contributed by atoms with Crippen LogP contribution in [0.4, 0.5) is 5.82 Å². The first-order chi connectivity index (χ1) is 14.1. The number of hydrogen-bond donors (Lipinski definition) is 1. The molecule has 1 aromatic heterocycles. The number of carbonyl (C=O) groups excluding carboxylic acids is 2. The fourth-order valence-corrected chi connectivity index (χ4v) is 3.55. The number of aromatic nitrogens is 1. The van der Waals surface area contributed by atoms with E-state index in [9.17, 15) is 9.59 Å². The Labute approximate surface area is 168 Å². The molecule has 1 N–H and O–H groups in total. The predicted octanol–water partition coefficient (Wildman–Crippen LogP) is 4.40. The third-order valence-corrected chi connectivity index (χ3v) is 5.03. The molecule has 1 amide bonds. The van der Waals surface area contributed by atoms with Crippen molar-refractivity contribution in [2.75, 3.05) is 5.32 Å². The van der Waals surface area contributed by atoms with Gasteiger partial charge in [0.25, 0.3) is 5.91 Å². The lowest BCUT2D eigenvalue weighted by atomic mass is 9.90. The summed E-state index contributed by atoms with van der Waals surface area (Å²) in [6, 6.07) is 16.2. The molecule has 0 bridgehead atoms. The van der Waals surface area contributed by atoms with E-state index in [1.165, 1.54) is 17.5 Å². The van der Waals surface area contributed by atoms with Crippen LogP contribution < -0.4 is 5.32 Å². The maximum absolute atomic E-state index is 12.9. The Balaban J connectivity index is 1.56. The maximum Gasteiger partial charge on any atom is 0.339 e. The van der Waals surface area contributed by atoms with Gasteiger partial charge in [0, 0.05) is 11.6 Å². The van der Waals surface area contributed by atoms with E-state index in [1.54, 1.807) is 43.3 Å². The molecule has 1 heterocycles. The van der Waals surface area contributed by atoms with Crippen LogP contribution in [0.5, 0.6) is 0 Å². The molecule has 1 aliphatic carbocycles. The largest absolute Gasteiger partial charge is 0.444 e. The minimum atomic E-state index is -1.10. The van der Waals surface area contributed by atoms with Crippen LogP contribution in [-0.2, 0) is 22.4 Å². The quantitative estimate of drug-likeness (QED) is 0.653. The number of ether oxygens (including phenoxy) is 1. The van der Waals surface area contributed by atoms with Gasteiger partial charge < -0.3 is 14.6 Å². The topological polar surface area (TPSA) is 81.4 Å². The summed E-state index contributed by atoms with van der Waals surface area (Å²) in [6.45, 7) is 1.73. The highest BCUT2D eigenvalue weighted by Crippen LogP contribution is 2.25. The second-order valence-corrected chi connectivity index (χ2v) is 7.20. The Morgan fingerprint density at radius 3 is 2.52 bits per heavy atom. The number of nitrogens with zero attached hydrogens (tertiary/aromatic N) is 1. The summed E-state index contributed by atoms with van der Waals surface area (Å²) < 4.78 is 10.6. The highest BCUT2D eigenvalue weighted by Gasteiger charge is 2.27. The Morgan fingerprint density at radius 1 is 1.03 bits per heavy atom. The van der Waals surface area contributed by atoms with Gasteiger partial charge in [-0.15, -0.1) is 0 Å². The molecule has 0 fully saturated rings. The van der Waals surface area contributed by atoms with Gasteiger partial charge >= 0.3 is 5.97 Å². The zero-order valence-corrected chi connectivity index (χ0v) is 16.2. The van der Waals surface area contributed by atoms with Gasteiger partial charge in [-0.3, -0.25) is 4.79 Å². The van der Waals surface area contributed by atoms with Crippen molar-refractivity contribution in [3.05, 3.63) is 82.6 Å². The number of fused-ring (bicyclic) bond motifs is 1. The highest BCUT2D eigenvalue weighted by atomic mass is 16.5. The van der Waals surface area contributed by atoms with Crippen molar-refractivity contribution in [1.82, 2.24) is 5.16 Å². The standard InChI is InChI=1S/C23H22N2O4/c1-15-13-20(25-29-15)24-22(26)21(17-8-3-2-4-9-17)28-23(27)19-12-11-16-7-5-6-10-18(16)14-19/h2-4,8-9,11-14,21H,5-7,10H2,1H3,(H,24,25,26). The van der Waals surface area contributed by atoms with E-state index in [4.69, 9.17) is 9.26 Å². The van der Waals surface area contributed by atoms with Crippen molar-refractivity contribution in [2.45, 2.75) is 38.7 Å². The molecule has 1 aliphatic rings. The number of anilines is 1. The molecule has 0 radical (unpaired) electrons. The number of amides is 1. The number of nitrogens with one attached hydrogen (secondary N) is 1. The number of carbonyl (C=O) groups is 2. The highest BCUT2D eigenvalue weighted by molar-refractivity contribution is 5.97. The Bertz CT molecular complexity index is 1030. The lowest BCUT2D eigenvalue weighted by Gasteiger charge is -2.19. The van der Waals surface area contributed by atoms with Crippen LogP contribution in [0.15, 0.2) is 59.1 Å². The molecule has 6 heteroatoms. The number of rotatable bonds is 5. The first kappa shape index (κ1) is 18.9. The third-order valence-electron chi connectivity index (χ3n) is 5.03. The molecule has 0 aliphatic heterocycles. The van der Waals surface area contributed by atoms with Gasteiger partial charge in [0.15, 0.2) is 5.82 Å². The summed E-state index contributed by atoms with van der Waals surface area (Å²) in [7, 11) is 0. The number of benzene rings is 2. The molecule has 1 unspecified atom stereocenters. The zero-order chi connectivity index (χ0) is 20.2. The average Bonchev–Trinajstić information content (AvgIpc) is 3.16. The molecular weight excluding hydrogens is 368 g/mol. The minimum Gasteiger partial charge on any atom is -0.444 e. The van der Waals surface area contributed by atoms with E-state index in [0.29, 0.717) is 16.9 Å². The monoisotopic (exact) mass is 390 g/mol. The second kappa shape index (κ2) is 8.31. The van der Waals surface area contributed by atoms with Crippen LogP contribution in [-0.4, -0.2) is 17.0 Å². The SMILES string of the molecule is Cc1cc(NC(=O)C(OC(=O)c2ccc3c(c2)CCCC3)c2ccccc2)no1. The van der Waals surface area contributed by atoms with Gasteiger partial charge in [-0.2, -0.15) is 0 Å². The van der Waals surface area contributed by atoms with Crippen molar-refractivity contribution < 1.29 is 18.8 Å². The van der Waals surface area contributed by atoms with E-state index in [-0.39, 0.29) is 5.82 Å². The van der Waals surface area contributed by atoms with Gasteiger partial charge in [-0.1, -0.05) is 41.6 Å². The fourth-order valence-electron chi connectivity index (χ4n) is 3.55. The van der Waals surface area contributed by atoms with Crippen LogP contribution in [0.25, 0.3) is 0 Å². The molecule has 1 atom stereocenters. The second-order valence-electron chi connectivity index (χ2n) is 7.20. The smallest absolute Gasteiger partial charge is 0.339 e. The third kappa shape index (κ3) is 4.37. The van der Waals surface area contributed by atoms with Crippen molar-refractivity contribution in [3.8, 4) is 0 Å². The first-order valence-corrected chi connectivity index (χ1v) is 9.72. The lowest BCUT2D eigenvalue weighted by Crippen LogP contribution is -2.26. The molecule has 0 saturated heterocycles. The van der Waals surface area contributed by atoms with Gasteiger partial charge in [0.05, 0.1) is 5.56 Å². The van der Waals surface area contributed by atoms with Crippen LogP contribution in [0.3, 0.4) is 0 Å². The molecule has 29 heavy (non-hydrogen) atoms. The summed E-state index contributed by atoms with van der Waals surface area (Å²) in [5.74, 6) is -0.171. The van der Waals surface area contributed by atoms with Crippen molar-refractivity contribution in [2.24, 2.45) is 0 Å². The number of esters is 1. The van der Waals surface area contributed by atoms with Crippen LogP contribution >= 0.6 is 0 Å². The summed E-state index contributed by atoms with van der Waals surface area (Å²) in [6.07, 6.45) is 3.20. The van der Waals surface area contributed by atoms with E-state index in [2.05, 4.69) is 10.5 Å². The Morgan fingerprint density at radius 2 is 1.79 bits per heavy atom. The molecule has 0 saturated carbocycles. The van der Waals surface area contributed by atoms with Crippen molar-refractivity contribution in [3.63, 3.8) is 0 Å². The molecule has 4 rings (SSSR count).